The average Bonchev–Trinajstić information content (AvgIpc) is 3.03. The molecule has 0 fully saturated rings. The van der Waals surface area contributed by atoms with Gasteiger partial charge in [-0.3, -0.25) is 9.59 Å². The van der Waals surface area contributed by atoms with E-state index in [0.717, 1.165) is 17.7 Å². The summed E-state index contributed by atoms with van der Waals surface area (Å²) < 4.78 is 28.4. The number of carboxylic acid groups (broad SMARTS) is 1. The number of hydrogen-bond acceptors (Lipinski definition) is 4. The molecule has 1 N–H and O–H groups in total. The molecular weight excluding hydrogens is 438 g/mol. The third kappa shape index (κ3) is 4.13. The quantitative estimate of drug-likeness (QED) is 0.543. The van der Waals surface area contributed by atoms with Crippen LogP contribution in [0.5, 0.6) is 0 Å². The molecule has 7 heteroatoms. The molecule has 0 radical (unpaired) electrons. The second-order valence-electron chi connectivity index (χ2n) is 9.35. The van der Waals surface area contributed by atoms with E-state index in [1.807, 2.05) is 0 Å². The molecule has 1 aliphatic rings. The normalized spacial score (nSPS) is 15.1. The van der Waals surface area contributed by atoms with Crippen molar-refractivity contribution >= 4 is 21.6 Å². The summed E-state index contributed by atoms with van der Waals surface area (Å²) in [5.74, 6) is -1.37. The van der Waals surface area contributed by atoms with Gasteiger partial charge >= 0.3 is 5.97 Å². The Kier molecular flexibility index (Phi) is 5.78. The molecule has 0 atom stereocenters. The summed E-state index contributed by atoms with van der Waals surface area (Å²) in [6.45, 7) is 5.77. The van der Waals surface area contributed by atoms with E-state index >= 15 is 0 Å². The van der Waals surface area contributed by atoms with E-state index in [-0.39, 0.29) is 33.1 Å². The highest BCUT2D eigenvalue weighted by atomic mass is 32.2. The topological polar surface area (TPSA) is 93.4 Å². The largest absolute Gasteiger partial charge is 0.480 e. The fourth-order valence-corrected chi connectivity index (χ4v) is 6.22. The van der Waals surface area contributed by atoms with Crippen LogP contribution in [0.15, 0.2) is 64.4 Å². The van der Waals surface area contributed by atoms with Gasteiger partial charge in [0.25, 0.3) is 0 Å². The maximum atomic E-state index is 13.9. The van der Waals surface area contributed by atoms with Crippen LogP contribution in [0.3, 0.4) is 0 Å². The highest BCUT2D eigenvalue weighted by Gasteiger charge is 2.35. The summed E-state index contributed by atoms with van der Waals surface area (Å²) >= 11 is 0. The maximum Gasteiger partial charge on any atom is 0.323 e. The summed E-state index contributed by atoms with van der Waals surface area (Å²) in [4.78, 5) is 25.5. The fraction of sp³-hybridized carbons (Fsp3) is 0.308. The molecule has 0 saturated heterocycles. The number of carbonyl (C=O) groups excluding carboxylic acids is 1. The number of nitrogens with zero attached hydrogens (tertiary/aromatic N) is 1. The molecule has 3 aromatic rings. The van der Waals surface area contributed by atoms with E-state index in [2.05, 4.69) is 13.8 Å². The molecule has 0 aliphatic heterocycles. The number of hydrogen-bond donors (Lipinski definition) is 1. The number of benzene rings is 2. The molecule has 0 saturated carbocycles. The Bertz CT molecular complexity index is 1350. The number of aromatic nitrogens is 1. The second kappa shape index (κ2) is 8.30. The maximum absolute atomic E-state index is 13.9. The zero-order valence-electron chi connectivity index (χ0n) is 19.0. The highest BCUT2D eigenvalue weighted by Crippen LogP contribution is 2.40. The van der Waals surface area contributed by atoms with Crippen LogP contribution in [-0.2, 0) is 34.0 Å². The van der Waals surface area contributed by atoms with Crippen molar-refractivity contribution in [2.75, 3.05) is 0 Å². The summed E-state index contributed by atoms with van der Waals surface area (Å²) in [5, 5.41) is 9.48. The van der Waals surface area contributed by atoms with Crippen molar-refractivity contribution in [2.45, 2.75) is 56.4 Å². The zero-order chi connectivity index (χ0) is 24.0. The number of rotatable bonds is 6. The Labute approximate surface area is 193 Å². The first-order chi connectivity index (χ1) is 15.5. The van der Waals surface area contributed by atoms with Crippen molar-refractivity contribution in [3.8, 4) is 0 Å². The minimum Gasteiger partial charge on any atom is -0.480 e. The molecule has 1 aliphatic carbocycles. The van der Waals surface area contributed by atoms with Gasteiger partial charge in [0.15, 0.2) is 5.78 Å². The Morgan fingerprint density at radius 2 is 1.67 bits per heavy atom. The molecule has 0 unspecified atom stereocenters. The first kappa shape index (κ1) is 23.0. The van der Waals surface area contributed by atoms with Crippen molar-refractivity contribution in [2.24, 2.45) is 5.41 Å². The van der Waals surface area contributed by atoms with Crippen molar-refractivity contribution < 1.29 is 23.1 Å². The summed E-state index contributed by atoms with van der Waals surface area (Å²) in [6.07, 6.45) is 2.17. The number of aliphatic carboxylic acids is 1. The first-order valence-electron chi connectivity index (χ1n) is 10.9. The van der Waals surface area contributed by atoms with E-state index in [1.54, 1.807) is 41.8 Å². The molecule has 1 heterocycles. The molecule has 33 heavy (non-hydrogen) atoms. The van der Waals surface area contributed by atoms with Gasteiger partial charge in [0.1, 0.15) is 6.54 Å². The number of ketones is 1. The molecule has 4 rings (SSSR count). The lowest BCUT2D eigenvalue weighted by atomic mass is 9.75. The van der Waals surface area contributed by atoms with E-state index in [1.165, 1.54) is 24.3 Å². The molecular formula is C26H27NO5S. The molecule has 172 valence electrons. The average molecular weight is 466 g/mol. The van der Waals surface area contributed by atoms with E-state index in [0.29, 0.717) is 24.1 Å². The van der Waals surface area contributed by atoms with Crippen LogP contribution < -0.4 is 0 Å². The Morgan fingerprint density at radius 1 is 1.03 bits per heavy atom. The molecule has 0 amide bonds. The fourth-order valence-electron chi connectivity index (χ4n) is 4.74. The van der Waals surface area contributed by atoms with Gasteiger partial charge in [-0.05, 0) is 61.4 Å². The third-order valence-corrected chi connectivity index (χ3v) is 8.26. The minimum absolute atomic E-state index is 0.0110. The van der Waals surface area contributed by atoms with Crippen molar-refractivity contribution in [3.63, 3.8) is 0 Å². The van der Waals surface area contributed by atoms with Crippen molar-refractivity contribution in [3.05, 3.63) is 82.7 Å². The van der Waals surface area contributed by atoms with Crippen LogP contribution in [0.4, 0.5) is 0 Å². The molecule has 2 aromatic carbocycles. The minimum atomic E-state index is -3.91. The number of sulfone groups is 1. The number of carbonyl (C=O) groups is 2. The van der Waals surface area contributed by atoms with Gasteiger partial charge < -0.3 is 9.67 Å². The lowest BCUT2D eigenvalue weighted by Crippen LogP contribution is -2.25. The summed E-state index contributed by atoms with van der Waals surface area (Å²) in [7, 11) is -3.91. The Hall–Kier alpha value is -3.19. The van der Waals surface area contributed by atoms with Crippen LogP contribution in [0, 0.1) is 12.3 Å². The monoisotopic (exact) mass is 465 g/mol. The first-order valence-corrected chi connectivity index (χ1v) is 12.4. The SMILES string of the molecule is Cc1c(C(=O)c2ccccc2S(=O)(=O)c2ccccc2)c2c(n1CC(=O)O)CC(C)(C)CC2. The highest BCUT2D eigenvalue weighted by molar-refractivity contribution is 7.91. The van der Waals surface area contributed by atoms with Gasteiger partial charge in [-0.2, -0.15) is 0 Å². The summed E-state index contributed by atoms with van der Waals surface area (Å²) in [5.41, 5.74) is 2.78. The van der Waals surface area contributed by atoms with Crippen molar-refractivity contribution in [1.29, 1.82) is 0 Å². The number of carboxylic acids is 1. The second-order valence-corrected chi connectivity index (χ2v) is 11.3. The van der Waals surface area contributed by atoms with Crippen LogP contribution in [0.25, 0.3) is 0 Å². The Balaban J connectivity index is 1.89. The van der Waals surface area contributed by atoms with E-state index in [9.17, 15) is 23.1 Å². The smallest absolute Gasteiger partial charge is 0.323 e. The van der Waals surface area contributed by atoms with Gasteiger partial charge in [0.05, 0.1) is 9.79 Å². The van der Waals surface area contributed by atoms with E-state index < -0.39 is 15.8 Å². The zero-order valence-corrected chi connectivity index (χ0v) is 19.8. The molecule has 0 spiro atoms. The van der Waals surface area contributed by atoms with Gasteiger partial charge in [-0.15, -0.1) is 0 Å². The lowest BCUT2D eigenvalue weighted by molar-refractivity contribution is -0.137. The number of fused-ring (bicyclic) bond motifs is 1. The molecule has 6 nitrogen and oxygen atoms in total. The van der Waals surface area contributed by atoms with Crippen molar-refractivity contribution in [1.82, 2.24) is 4.57 Å². The third-order valence-electron chi connectivity index (χ3n) is 6.44. The van der Waals surface area contributed by atoms with Gasteiger partial charge in [-0.1, -0.05) is 44.2 Å². The van der Waals surface area contributed by atoms with Crippen LogP contribution in [-0.4, -0.2) is 29.8 Å². The Morgan fingerprint density at radius 3 is 2.33 bits per heavy atom. The molecule has 0 bridgehead atoms. The van der Waals surface area contributed by atoms with Crippen LogP contribution in [0.1, 0.15) is 53.1 Å². The van der Waals surface area contributed by atoms with Crippen LogP contribution >= 0.6 is 0 Å². The molecule has 1 aromatic heterocycles. The van der Waals surface area contributed by atoms with E-state index in [4.69, 9.17) is 0 Å². The predicted molar refractivity (Wildman–Crippen MR) is 124 cm³/mol. The standard InChI is InChI=1S/C26H27NO5S/c1-17-24(19-13-14-26(2,3)15-21(19)27(17)16-23(28)29)25(30)20-11-7-8-12-22(20)33(31,32)18-9-5-4-6-10-18/h4-12H,13-16H2,1-3H3,(H,28,29). The summed E-state index contributed by atoms with van der Waals surface area (Å²) in [6, 6.07) is 14.3. The lowest BCUT2D eigenvalue weighted by Gasteiger charge is -2.31. The van der Waals surface area contributed by atoms with Gasteiger partial charge in [0, 0.05) is 22.5 Å². The predicted octanol–water partition coefficient (Wildman–Crippen LogP) is 4.46. The van der Waals surface area contributed by atoms with Crippen LogP contribution in [0.2, 0.25) is 0 Å². The van der Waals surface area contributed by atoms with Gasteiger partial charge in [-0.25, -0.2) is 8.42 Å². The van der Waals surface area contributed by atoms with Gasteiger partial charge in [0.2, 0.25) is 9.84 Å².